The second-order valence-electron chi connectivity index (χ2n) is 2.77. The Balaban J connectivity index is 0.00000144. The summed E-state index contributed by atoms with van der Waals surface area (Å²) in [6, 6.07) is 0. The Bertz CT molecular complexity index is 185. The Hall–Kier alpha value is -0.770. The van der Waals surface area contributed by atoms with Crippen molar-refractivity contribution in [3.05, 3.63) is 0 Å². The first kappa shape index (κ1) is 12.2. The molecule has 0 bridgehead atoms. The molecule has 0 amide bonds. The maximum atomic E-state index is 11.2. The van der Waals surface area contributed by atoms with Crippen molar-refractivity contribution in [2.45, 2.75) is 13.3 Å². The Morgan fingerprint density at radius 1 is 1.77 bits per heavy atom. The number of aliphatic imine (C=N–C) groups is 1. The summed E-state index contributed by atoms with van der Waals surface area (Å²) in [7, 11) is 0. The number of carbonyl (C=O) groups is 1. The summed E-state index contributed by atoms with van der Waals surface area (Å²) in [6.07, 6.45) is 2.50. The number of ether oxygens (including phenoxy) is 1. The molecule has 1 rings (SSSR count). The van der Waals surface area contributed by atoms with Gasteiger partial charge in [0, 0.05) is 6.54 Å². The number of hydrogen-bond donors (Lipinski definition) is 1. The number of hydrogen-bond acceptors (Lipinski definition) is 4. The van der Waals surface area contributed by atoms with E-state index in [-0.39, 0.29) is 24.3 Å². The summed E-state index contributed by atoms with van der Waals surface area (Å²) in [5, 5.41) is 2.90. The standard InChI is InChI=1S/C8H14N2O2.ClH/c1-2-3-12-8(11)7-4-9-6-10-5-7;/h6-7H,2-5H2,1H3,(H,9,10);1H. The molecule has 0 fully saturated rings. The molecule has 0 aromatic heterocycles. The lowest BCUT2D eigenvalue weighted by Gasteiger charge is -2.16. The zero-order chi connectivity index (χ0) is 8.81. The van der Waals surface area contributed by atoms with Gasteiger partial charge >= 0.3 is 5.97 Å². The van der Waals surface area contributed by atoms with Crippen molar-refractivity contribution < 1.29 is 9.53 Å². The zero-order valence-corrected chi connectivity index (χ0v) is 8.47. The van der Waals surface area contributed by atoms with Crippen molar-refractivity contribution in [3.8, 4) is 0 Å². The fourth-order valence-corrected chi connectivity index (χ4v) is 0.982. The minimum absolute atomic E-state index is 0. The van der Waals surface area contributed by atoms with Crippen molar-refractivity contribution in [1.29, 1.82) is 0 Å². The molecule has 1 aliphatic rings. The molecule has 1 atom stereocenters. The number of rotatable bonds is 3. The van der Waals surface area contributed by atoms with Crippen molar-refractivity contribution in [1.82, 2.24) is 5.32 Å². The predicted octanol–water partition coefficient (Wildman–Crippen LogP) is 0.609. The molecule has 1 heterocycles. The third-order valence-corrected chi connectivity index (χ3v) is 1.65. The van der Waals surface area contributed by atoms with E-state index in [0.717, 1.165) is 6.42 Å². The molecule has 0 aromatic rings. The summed E-state index contributed by atoms with van der Waals surface area (Å²) < 4.78 is 4.98. The lowest BCUT2D eigenvalue weighted by molar-refractivity contribution is -0.148. The van der Waals surface area contributed by atoms with Crippen LogP contribution < -0.4 is 5.32 Å². The Labute approximate surface area is 84.2 Å². The van der Waals surface area contributed by atoms with Gasteiger partial charge in [0.1, 0.15) is 0 Å². The van der Waals surface area contributed by atoms with Crippen LogP contribution in [0.25, 0.3) is 0 Å². The normalized spacial score (nSPS) is 19.9. The highest BCUT2D eigenvalue weighted by Crippen LogP contribution is 2.02. The highest BCUT2D eigenvalue weighted by atomic mass is 35.5. The van der Waals surface area contributed by atoms with E-state index in [0.29, 0.717) is 19.7 Å². The number of nitrogens with zero attached hydrogens (tertiary/aromatic N) is 1. The van der Waals surface area contributed by atoms with E-state index < -0.39 is 0 Å². The molecule has 0 saturated heterocycles. The van der Waals surface area contributed by atoms with E-state index in [1.165, 1.54) is 0 Å². The average molecular weight is 207 g/mol. The van der Waals surface area contributed by atoms with Crippen LogP contribution in [0.15, 0.2) is 4.99 Å². The van der Waals surface area contributed by atoms with Gasteiger partial charge in [-0.3, -0.25) is 9.79 Å². The fourth-order valence-electron chi connectivity index (χ4n) is 0.982. The molecule has 13 heavy (non-hydrogen) atoms. The molecule has 0 saturated carbocycles. The highest BCUT2D eigenvalue weighted by molar-refractivity contribution is 5.85. The molecule has 1 unspecified atom stereocenters. The molecular formula is C8H15ClN2O2. The summed E-state index contributed by atoms with van der Waals surface area (Å²) in [6.45, 7) is 3.69. The van der Waals surface area contributed by atoms with E-state index >= 15 is 0 Å². The number of nitrogens with one attached hydrogen (secondary N) is 1. The van der Waals surface area contributed by atoms with E-state index in [1.54, 1.807) is 6.34 Å². The lowest BCUT2D eigenvalue weighted by atomic mass is 10.1. The highest BCUT2D eigenvalue weighted by Gasteiger charge is 2.20. The molecule has 4 nitrogen and oxygen atoms in total. The molecule has 5 heteroatoms. The van der Waals surface area contributed by atoms with Crippen LogP contribution in [0.4, 0.5) is 0 Å². The predicted molar refractivity (Wildman–Crippen MR) is 53.3 cm³/mol. The van der Waals surface area contributed by atoms with Crippen LogP contribution in [-0.2, 0) is 9.53 Å². The van der Waals surface area contributed by atoms with E-state index in [4.69, 9.17) is 4.74 Å². The summed E-state index contributed by atoms with van der Waals surface area (Å²) in [5.41, 5.74) is 0. The van der Waals surface area contributed by atoms with Crippen LogP contribution in [0, 0.1) is 5.92 Å². The molecule has 0 aliphatic carbocycles. The van der Waals surface area contributed by atoms with Gasteiger partial charge in [-0.1, -0.05) is 6.92 Å². The Morgan fingerprint density at radius 3 is 3.08 bits per heavy atom. The van der Waals surface area contributed by atoms with Gasteiger partial charge in [-0.15, -0.1) is 12.4 Å². The molecule has 1 aliphatic heterocycles. The van der Waals surface area contributed by atoms with Crippen LogP contribution in [0.3, 0.4) is 0 Å². The van der Waals surface area contributed by atoms with Crippen molar-refractivity contribution in [3.63, 3.8) is 0 Å². The number of halogens is 1. The fraction of sp³-hybridized carbons (Fsp3) is 0.750. The van der Waals surface area contributed by atoms with Crippen LogP contribution in [0.2, 0.25) is 0 Å². The number of esters is 1. The zero-order valence-electron chi connectivity index (χ0n) is 7.66. The minimum Gasteiger partial charge on any atom is -0.465 e. The molecule has 76 valence electrons. The minimum atomic E-state index is -0.138. The van der Waals surface area contributed by atoms with E-state index in [2.05, 4.69) is 10.3 Å². The third-order valence-electron chi connectivity index (χ3n) is 1.65. The van der Waals surface area contributed by atoms with Gasteiger partial charge in [-0.25, -0.2) is 0 Å². The maximum absolute atomic E-state index is 11.2. The largest absolute Gasteiger partial charge is 0.465 e. The van der Waals surface area contributed by atoms with Gasteiger partial charge < -0.3 is 10.1 Å². The van der Waals surface area contributed by atoms with Crippen molar-refractivity contribution in [2.75, 3.05) is 19.7 Å². The monoisotopic (exact) mass is 206 g/mol. The van der Waals surface area contributed by atoms with Crippen LogP contribution in [-0.4, -0.2) is 32.0 Å². The molecule has 0 spiro atoms. The number of carbonyl (C=O) groups excluding carboxylic acids is 1. The van der Waals surface area contributed by atoms with Crippen LogP contribution >= 0.6 is 12.4 Å². The summed E-state index contributed by atoms with van der Waals surface area (Å²) >= 11 is 0. The van der Waals surface area contributed by atoms with Crippen molar-refractivity contribution in [2.24, 2.45) is 10.9 Å². The first-order chi connectivity index (χ1) is 5.84. The third kappa shape index (κ3) is 4.12. The summed E-state index contributed by atoms with van der Waals surface area (Å²) in [5.74, 6) is -0.234. The van der Waals surface area contributed by atoms with Crippen LogP contribution in [0.1, 0.15) is 13.3 Å². The van der Waals surface area contributed by atoms with Gasteiger partial charge in [0.15, 0.2) is 0 Å². The lowest BCUT2D eigenvalue weighted by Crippen LogP contribution is -2.35. The van der Waals surface area contributed by atoms with Crippen molar-refractivity contribution >= 4 is 24.7 Å². The maximum Gasteiger partial charge on any atom is 0.312 e. The Kier molecular flexibility index (Phi) is 6.32. The molecule has 1 N–H and O–H groups in total. The SMILES string of the molecule is CCCOC(=O)C1CN=CNC1.Cl. The second kappa shape index (κ2) is 6.71. The van der Waals surface area contributed by atoms with Gasteiger partial charge in [0.05, 0.1) is 25.4 Å². The van der Waals surface area contributed by atoms with Gasteiger partial charge in [-0.05, 0) is 6.42 Å². The van der Waals surface area contributed by atoms with Gasteiger partial charge in [0.2, 0.25) is 0 Å². The summed E-state index contributed by atoms with van der Waals surface area (Å²) in [4.78, 5) is 15.2. The quantitative estimate of drug-likeness (QED) is 0.689. The smallest absolute Gasteiger partial charge is 0.312 e. The topological polar surface area (TPSA) is 50.7 Å². The molecule has 0 aromatic carbocycles. The van der Waals surface area contributed by atoms with E-state index in [9.17, 15) is 4.79 Å². The van der Waals surface area contributed by atoms with Gasteiger partial charge in [-0.2, -0.15) is 0 Å². The van der Waals surface area contributed by atoms with Gasteiger partial charge in [0.25, 0.3) is 0 Å². The Morgan fingerprint density at radius 2 is 2.54 bits per heavy atom. The first-order valence-corrected chi connectivity index (χ1v) is 4.23. The average Bonchev–Trinajstić information content (AvgIpc) is 2.15. The first-order valence-electron chi connectivity index (χ1n) is 4.23. The molecule has 0 radical (unpaired) electrons. The molecular weight excluding hydrogens is 192 g/mol. The van der Waals surface area contributed by atoms with Crippen LogP contribution in [0.5, 0.6) is 0 Å². The van der Waals surface area contributed by atoms with E-state index in [1.807, 2.05) is 6.92 Å². The second-order valence-corrected chi connectivity index (χ2v) is 2.77.